The number of nitrogens with zero attached hydrogens (tertiary/aromatic N) is 3. The monoisotopic (exact) mass is 211 g/mol. The van der Waals surface area contributed by atoms with Crippen molar-refractivity contribution in [2.75, 3.05) is 6.54 Å². The molecule has 1 amide bonds. The Balaban J connectivity index is 2.22. The highest BCUT2D eigenvalue weighted by atomic mass is 16.1. The number of carbonyl (C=O) groups excluding carboxylic acids is 1. The van der Waals surface area contributed by atoms with Gasteiger partial charge in [-0.15, -0.1) is 0 Å². The molecule has 0 radical (unpaired) electrons. The van der Waals surface area contributed by atoms with Crippen LogP contribution >= 0.6 is 0 Å². The van der Waals surface area contributed by atoms with Gasteiger partial charge in [0, 0.05) is 13.1 Å². The first-order valence-electron chi connectivity index (χ1n) is 4.92. The summed E-state index contributed by atoms with van der Waals surface area (Å²) in [6.07, 6.45) is 1.49. The Morgan fingerprint density at radius 2 is 2.33 bits per heavy atom. The Hall–Kier alpha value is -1.43. The summed E-state index contributed by atoms with van der Waals surface area (Å²) in [6.45, 7) is 4.70. The van der Waals surface area contributed by atoms with Gasteiger partial charge in [0.2, 0.25) is 5.91 Å². The maximum Gasteiger partial charge on any atom is 0.234 e. The van der Waals surface area contributed by atoms with Gasteiger partial charge in [-0.2, -0.15) is 5.10 Å². The fraction of sp³-hybridized carbons (Fsp3) is 0.667. The third-order valence-corrected chi connectivity index (χ3v) is 1.82. The molecule has 6 nitrogen and oxygen atoms in total. The van der Waals surface area contributed by atoms with Crippen LogP contribution in [0.3, 0.4) is 0 Å². The molecule has 15 heavy (non-hydrogen) atoms. The van der Waals surface area contributed by atoms with Crippen LogP contribution in [-0.4, -0.2) is 33.3 Å². The molecule has 0 aliphatic heterocycles. The Labute approximate surface area is 89.1 Å². The lowest BCUT2D eigenvalue weighted by atomic mass is 10.4. The third kappa shape index (κ3) is 4.07. The van der Waals surface area contributed by atoms with Crippen molar-refractivity contribution >= 4 is 5.91 Å². The molecule has 0 atom stereocenters. The van der Waals surface area contributed by atoms with Crippen molar-refractivity contribution in [2.45, 2.75) is 26.4 Å². The van der Waals surface area contributed by atoms with Crippen LogP contribution in [0.5, 0.6) is 0 Å². The van der Waals surface area contributed by atoms with E-state index in [2.05, 4.69) is 20.7 Å². The molecular formula is C9H17N5O. The van der Waals surface area contributed by atoms with Gasteiger partial charge >= 0.3 is 0 Å². The van der Waals surface area contributed by atoms with Crippen molar-refractivity contribution in [3.63, 3.8) is 0 Å². The summed E-state index contributed by atoms with van der Waals surface area (Å²) in [5.74, 6) is 0.805. The summed E-state index contributed by atoms with van der Waals surface area (Å²) in [5, 5.41) is 9.72. The molecule has 0 aliphatic carbocycles. The number of rotatable bonds is 5. The highest BCUT2D eigenvalue weighted by Crippen LogP contribution is 1.88. The fourth-order valence-electron chi connectivity index (χ4n) is 1.14. The standard InChI is InChI=1S/C9H17N5O/c1-7(2)13-9(15)5-10-4-8-11-6-12-14(8)3/h6-7,10H,4-5H2,1-3H3,(H,13,15). The second kappa shape index (κ2) is 5.45. The first-order chi connectivity index (χ1) is 7.09. The summed E-state index contributed by atoms with van der Waals surface area (Å²) in [4.78, 5) is 15.3. The van der Waals surface area contributed by atoms with Crippen molar-refractivity contribution in [1.29, 1.82) is 0 Å². The van der Waals surface area contributed by atoms with Crippen molar-refractivity contribution < 1.29 is 4.79 Å². The van der Waals surface area contributed by atoms with Crippen molar-refractivity contribution in [3.05, 3.63) is 12.2 Å². The molecule has 6 heteroatoms. The second-order valence-corrected chi connectivity index (χ2v) is 3.63. The SMILES string of the molecule is CC(C)NC(=O)CNCc1ncnn1C. The van der Waals surface area contributed by atoms with E-state index in [1.165, 1.54) is 6.33 Å². The number of nitrogens with one attached hydrogen (secondary N) is 2. The molecule has 0 spiro atoms. The van der Waals surface area contributed by atoms with Crippen molar-refractivity contribution in [2.24, 2.45) is 7.05 Å². The molecule has 0 aromatic carbocycles. The zero-order chi connectivity index (χ0) is 11.3. The van der Waals surface area contributed by atoms with Gasteiger partial charge < -0.3 is 10.6 Å². The minimum atomic E-state index is -0.00725. The lowest BCUT2D eigenvalue weighted by Gasteiger charge is -2.08. The quantitative estimate of drug-likeness (QED) is 0.684. The van der Waals surface area contributed by atoms with E-state index in [-0.39, 0.29) is 11.9 Å². The highest BCUT2D eigenvalue weighted by molar-refractivity contribution is 5.78. The molecule has 1 rings (SSSR count). The average molecular weight is 211 g/mol. The van der Waals surface area contributed by atoms with Gasteiger partial charge in [-0.1, -0.05) is 0 Å². The number of hydrogen-bond acceptors (Lipinski definition) is 4. The number of hydrogen-bond donors (Lipinski definition) is 2. The zero-order valence-electron chi connectivity index (χ0n) is 9.32. The van der Waals surface area contributed by atoms with E-state index in [4.69, 9.17) is 0 Å². The zero-order valence-corrected chi connectivity index (χ0v) is 9.32. The molecule has 1 aromatic heterocycles. The molecule has 1 aromatic rings. The van der Waals surface area contributed by atoms with Gasteiger partial charge in [0.05, 0.1) is 13.1 Å². The maximum atomic E-state index is 11.3. The van der Waals surface area contributed by atoms with Crippen molar-refractivity contribution in [3.8, 4) is 0 Å². The third-order valence-electron chi connectivity index (χ3n) is 1.82. The largest absolute Gasteiger partial charge is 0.353 e. The molecule has 0 saturated carbocycles. The first kappa shape index (κ1) is 11.6. The Morgan fingerprint density at radius 3 is 2.87 bits per heavy atom. The van der Waals surface area contributed by atoms with Crippen LogP contribution in [0.4, 0.5) is 0 Å². The van der Waals surface area contributed by atoms with E-state index in [0.29, 0.717) is 13.1 Å². The molecule has 0 saturated heterocycles. The van der Waals surface area contributed by atoms with E-state index in [9.17, 15) is 4.79 Å². The summed E-state index contributed by atoms with van der Waals surface area (Å²) in [6, 6.07) is 0.175. The van der Waals surface area contributed by atoms with Crippen LogP contribution in [0.1, 0.15) is 19.7 Å². The molecule has 0 unspecified atom stereocenters. The number of carbonyl (C=O) groups is 1. The van der Waals surface area contributed by atoms with E-state index < -0.39 is 0 Å². The van der Waals surface area contributed by atoms with Crippen LogP contribution in [-0.2, 0) is 18.4 Å². The highest BCUT2D eigenvalue weighted by Gasteiger charge is 2.04. The summed E-state index contributed by atoms with van der Waals surface area (Å²) in [5.41, 5.74) is 0. The number of aryl methyl sites for hydroxylation is 1. The van der Waals surface area contributed by atoms with Crippen LogP contribution in [0.25, 0.3) is 0 Å². The molecule has 0 fully saturated rings. The van der Waals surface area contributed by atoms with Crippen molar-refractivity contribution in [1.82, 2.24) is 25.4 Å². The fourth-order valence-corrected chi connectivity index (χ4v) is 1.14. The topological polar surface area (TPSA) is 71.8 Å². The number of amides is 1. The smallest absolute Gasteiger partial charge is 0.234 e. The Morgan fingerprint density at radius 1 is 1.60 bits per heavy atom. The average Bonchev–Trinajstić information content (AvgIpc) is 2.50. The van der Waals surface area contributed by atoms with Crippen LogP contribution < -0.4 is 10.6 Å². The number of aromatic nitrogens is 3. The molecule has 0 bridgehead atoms. The van der Waals surface area contributed by atoms with Gasteiger partial charge in [0.25, 0.3) is 0 Å². The molecule has 84 valence electrons. The normalized spacial score (nSPS) is 10.7. The predicted octanol–water partition coefficient (Wildman–Crippen LogP) is -0.571. The molecular weight excluding hydrogens is 194 g/mol. The van der Waals surface area contributed by atoms with Gasteiger partial charge in [0.15, 0.2) is 0 Å². The lowest BCUT2D eigenvalue weighted by molar-refractivity contribution is -0.120. The van der Waals surface area contributed by atoms with Gasteiger partial charge in [-0.05, 0) is 13.8 Å². The summed E-state index contributed by atoms with van der Waals surface area (Å²) >= 11 is 0. The molecule has 1 heterocycles. The van der Waals surface area contributed by atoms with E-state index in [1.54, 1.807) is 4.68 Å². The lowest BCUT2D eigenvalue weighted by Crippen LogP contribution is -2.37. The summed E-state index contributed by atoms with van der Waals surface area (Å²) in [7, 11) is 1.82. The van der Waals surface area contributed by atoms with Gasteiger partial charge in [-0.3, -0.25) is 9.48 Å². The minimum absolute atomic E-state index is 0.00725. The second-order valence-electron chi connectivity index (χ2n) is 3.63. The Kier molecular flexibility index (Phi) is 4.23. The van der Waals surface area contributed by atoms with Gasteiger partial charge in [-0.25, -0.2) is 4.98 Å². The molecule has 2 N–H and O–H groups in total. The minimum Gasteiger partial charge on any atom is -0.353 e. The maximum absolute atomic E-state index is 11.3. The van der Waals surface area contributed by atoms with Crippen LogP contribution in [0, 0.1) is 0 Å². The summed E-state index contributed by atoms with van der Waals surface area (Å²) < 4.78 is 1.67. The molecule has 0 aliphatic rings. The van der Waals surface area contributed by atoms with E-state index in [0.717, 1.165) is 5.82 Å². The van der Waals surface area contributed by atoms with E-state index >= 15 is 0 Å². The van der Waals surface area contributed by atoms with Crippen LogP contribution in [0.2, 0.25) is 0 Å². The first-order valence-corrected chi connectivity index (χ1v) is 4.92. The van der Waals surface area contributed by atoms with E-state index in [1.807, 2.05) is 20.9 Å². The Bertz CT molecular complexity index is 320. The predicted molar refractivity (Wildman–Crippen MR) is 56.0 cm³/mol. The van der Waals surface area contributed by atoms with Crippen LogP contribution in [0.15, 0.2) is 6.33 Å². The van der Waals surface area contributed by atoms with Gasteiger partial charge in [0.1, 0.15) is 12.2 Å².